The lowest BCUT2D eigenvalue weighted by atomic mass is 10.00. The van der Waals surface area contributed by atoms with Crippen molar-refractivity contribution in [2.24, 2.45) is 0 Å². The normalized spacial score (nSPS) is 39.2. The van der Waals surface area contributed by atoms with E-state index in [1.807, 2.05) is 0 Å². The van der Waals surface area contributed by atoms with Crippen molar-refractivity contribution in [3.8, 4) is 0 Å². The third-order valence-electron chi connectivity index (χ3n) is 3.52. The Labute approximate surface area is 114 Å². The van der Waals surface area contributed by atoms with Crippen molar-refractivity contribution in [2.45, 2.75) is 70.0 Å². The van der Waals surface area contributed by atoms with Gasteiger partial charge in [0.25, 0.3) is 21.2 Å². The zero-order valence-electron chi connectivity index (χ0n) is 9.10. The van der Waals surface area contributed by atoms with Crippen molar-refractivity contribution < 1.29 is 21.2 Å². The number of hydrogen-bond acceptors (Lipinski definition) is 0. The van der Waals surface area contributed by atoms with Crippen LogP contribution in [-0.4, -0.2) is 18.6 Å². The molecule has 3 heteroatoms. The summed E-state index contributed by atoms with van der Waals surface area (Å²) >= 11 is 12.8. The van der Waals surface area contributed by atoms with Crippen LogP contribution in [0.3, 0.4) is 0 Å². The molecule has 88 valence electrons. The van der Waals surface area contributed by atoms with E-state index in [1.54, 1.807) is 0 Å². The summed E-state index contributed by atoms with van der Waals surface area (Å²) < 4.78 is 2.09. The summed E-state index contributed by atoms with van der Waals surface area (Å²) in [5.41, 5.74) is 0. The van der Waals surface area contributed by atoms with Crippen LogP contribution in [0, 0.1) is 0 Å². The molecule has 0 aromatic rings. The predicted molar refractivity (Wildman–Crippen MR) is 63.8 cm³/mol. The molecule has 0 spiro atoms. The standard InChI is InChI=1S/C12H20Cl2I/c13-11-7-6-10(8-12(11)14)15-9-4-2-1-3-5-9/h9-12H,1-8H2/q+1. The number of rotatable bonds is 2. The van der Waals surface area contributed by atoms with E-state index in [0.29, 0.717) is 21.2 Å². The number of alkyl halides is 4. The third kappa shape index (κ3) is 3.92. The molecule has 0 radical (unpaired) electrons. The maximum absolute atomic E-state index is 6.27. The highest BCUT2D eigenvalue weighted by Gasteiger charge is 2.39. The van der Waals surface area contributed by atoms with Gasteiger partial charge in [0, 0.05) is 6.42 Å². The summed E-state index contributed by atoms with van der Waals surface area (Å²) in [6.07, 6.45) is 11.2. The van der Waals surface area contributed by atoms with Crippen LogP contribution in [0.25, 0.3) is 0 Å². The van der Waals surface area contributed by atoms with Gasteiger partial charge in [-0.15, -0.1) is 23.2 Å². The van der Waals surface area contributed by atoms with E-state index < -0.39 is 0 Å². The minimum absolute atomic E-state index is 0.248. The topological polar surface area (TPSA) is 0 Å². The fourth-order valence-electron chi connectivity index (χ4n) is 2.58. The van der Waals surface area contributed by atoms with Crippen LogP contribution >= 0.6 is 23.2 Å². The first-order valence-corrected chi connectivity index (χ1v) is 9.52. The van der Waals surface area contributed by atoms with Gasteiger partial charge in [-0.3, -0.25) is 0 Å². The second kappa shape index (κ2) is 6.30. The van der Waals surface area contributed by atoms with Crippen molar-refractivity contribution in [1.82, 2.24) is 0 Å². The molecule has 3 unspecified atom stereocenters. The van der Waals surface area contributed by atoms with Crippen molar-refractivity contribution in [2.75, 3.05) is 0 Å². The molecule has 15 heavy (non-hydrogen) atoms. The third-order valence-corrected chi connectivity index (χ3v) is 9.06. The first-order valence-electron chi connectivity index (χ1n) is 6.16. The Hall–Kier alpha value is 1.31. The van der Waals surface area contributed by atoms with Crippen LogP contribution in [0.5, 0.6) is 0 Å². The maximum atomic E-state index is 6.27. The van der Waals surface area contributed by atoms with Crippen LogP contribution in [0.2, 0.25) is 0 Å². The van der Waals surface area contributed by atoms with Gasteiger partial charge in [-0.25, -0.2) is 0 Å². The van der Waals surface area contributed by atoms with E-state index in [4.69, 9.17) is 23.2 Å². The van der Waals surface area contributed by atoms with Gasteiger partial charge in [-0.2, -0.15) is 0 Å². The van der Waals surface area contributed by atoms with Crippen LogP contribution in [0.1, 0.15) is 51.4 Å². The average Bonchev–Trinajstić information content (AvgIpc) is 2.25. The minimum Gasteiger partial charge on any atom is -0.121 e. The van der Waals surface area contributed by atoms with Crippen LogP contribution in [-0.2, 0) is 0 Å². The zero-order chi connectivity index (χ0) is 10.7. The lowest BCUT2D eigenvalue weighted by Gasteiger charge is -2.24. The van der Waals surface area contributed by atoms with Gasteiger partial charge in [-0.05, 0) is 38.5 Å². The van der Waals surface area contributed by atoms with E-state index in [1.165, 1.54) is 44.9 Å². The molecule has 2 aliphatic rings. The van der Waals surface area contributed by atoms with E-state index in [0.717, 1.165) is 14.3 Å². The Kier molecular flexibility index (Phi) is 5.36. The summed E-state index contributed by atoms with van der Waals surface area (Å²) in [5, 5.41) is 0.506. The van der Waals surface area contributed by atoms with Crippen molar-refractivity contribution in [3.05, 3.63) is 0 Å². The number of halogens is 3. The highest BCUT2D eigenvalue weighted by molar-refractivity contribution is 6.30. The fraction of sp³-hybridized carbons (Fsp3) is 1.00. The van der Waals surface area contributed by atoms with Crippen LogP contribution in [0.15, 0.2) is 0 Å². The molecule has 2 rings (SSSR count). The van der Waals surface area contributed by atoms with Gasteiger partial charge in [0.15, 0.2) is 7.85 Å². The molecule has 2 saturated carbocycles. The molecule has 0 N–H and O–H groups in total. The molecule has 0 aliphatic heterocycles. The lowest BCUT2D eigenvalue weighted by molar-refractivity contribution is -0.725. The predicted octanol–water partition coefficient (Wildman–Crippen LogP) is 1.18. The molecule has 0 aromatic carbocycles. The van der Waals surface area contributed by atoms with Gasteiger partial charge in [0.2, 0.25) is 0 Å². The molecule has 0 saturated heterocycles. The number of hydrogen-bond donors (Lipinski definition) is 0. The molecule has 0 amide bonds. The first kappa shape index (κ1) is 12.8. The van der Waals surface area contributed by atoms with Crippen molar-refractivity contribution in [3.63, 3.8) is 0 Å². The van der Waals surface area contributed by atoms with Gasteiger partial charge >= 0.3 is 0 Å². The monoisotopic (exact) mass is 361 g/mol. The molecule has 0 nitrogen and oxygen atoms in total. The molecule has 2 fully saturated rings. The Bertz CT molecular complexity index is 192. The Morgan fingerprint density at radius 1 is 0.733 bits per heavy atom. The van der Waals surface area contributed by atoms with Gasteiger partial charge in [-0.1, -0.05) is 6.42 Å². The largest absolute Gasteiger partial charge is 0.275 e. The molecule has 0 bridgehead atoms. The second-order valence-corrected chi connectivity index (χ2v) is 10.2. The van der Waals surface area contributed by atoms with E-state index in [-0.39, 0.29) is 10.8 Å². The van der Waals surface area contributed by atoms with Gasteiger partial charge < -0.3 is 0 Å². The zero-order valence-corrected chi connectivity index (χ0v) is 12.8. The Morgan fingerprint density at radius 3 is 2.13 bits per heavy atom. The van der Waals surface area contributed by atoms with Gasteiger partial charge in [0.05, 0.1) is 10.8 Å². The fourth-order valence-corrected chi connectivity index (χ4v) is 8.05. The van der Waals surface area contributed by atoms with Crippen molar-refractivity contribution in [1.29, 1.82) is 0 Å². The lowest BCUT2D eigenvalue weighted by Crippen LogP contribution is -3.68. The molecular weight excluding hydrogens is 342 g/mol. The minimum atomic E-state index is 0.248. The van der Waals surface area contributed by atoms with E-state index in [9.17, 15) is 0 Å². The highest BCUT2D eigenvalue weighted by Crippen LogP contribution is 2.25. The summed E-state index contributed by atoms with van der Waals surface area (Å²) in [7, 11) is 0. The summed E-state index contributed by atoms with van der Waals surface area (Å²) in [6.45, 7) is 0. The van der Waals surface area contributed by atoms with E-state index >= 15 is 0 Å². The SMILES string of the molecule is ClC1CCC([I+]C2CCCCC2)CC1Cl. The highest BCUT2D eigenvalue weighted by atomic mass is 127. The molecule has 3 atom stereocenters. The molecule has 0 heterocycles. The maximum Gasteiger partial charge on any atom is 0.275 e. The smallest absolute Gasteiger partial charge is 0.121 e. The molecular formula is C12H20Cl2I+. The Morgan fingerprint density at radius 2 is 1.47 bits per heavy atom. The summed E-state index contributed by atoms with van der Waals surface area (Å²) in [5.74, 6) is 0. The van der Waals surface area contributed by atoms with E-state index in [2.05, 4.69) is 0 Å². The van der Waals surface area contributed by atoms with Crippen LogP contribution in [0.4, 0.5) is 0 Å². The average molecular weight is 362 g/mol. The molecule has 0 aromatic heterocycles. The Balaban J connectivity index is 1.74. The summed E-state index contributed by atoms with van der Waals surface area (Å²) in [4.78, 5) is 0. The first-order chi connectivity index (χ1) is 7.25. The molecule has 2 aliphatic carbocycles. The van der Waals surface area contributed by atoms with Crippen molar-refractivity contribution >= 4 is 23.2 Å². The van der Waals surface area contributed by atoms with Crippen LogP contribution < -0.4 is 21.2 Å². The quantitative estimate of drug-likeness (QED) is 0.511. The van der Waals surface area contributed by atoms with Gasteiger partial charge in [0.1, 0.15) is 0 Å². The summed E-state index contributed by atoms with van der Waals surface area (Å²) in [6, 6.07) is 0. The second-order valence-electron chi connectivity index (χ2n) is 4.80.